The van der Waals surface area contributed by atoms with Gasteiger partial charge in [0, 0.05) is 19.6 Å². The Hall–Kier alpha value is -1.10. The first kappa shape index (κ1) is 13.0. The lowest BCUT2D eigenvalue weighted by molar-refractivity contribution is -0.138. The van der Waals surface area contributed by atoms with Crippen LogP contribution in [-0.4, -0.2) is 36.2 Å². The third kappa shape index (κ3) is 3.81. The standard InChI is InChI=1S/C11H19NO4/c1-7(5-9(13)14)6-12-11(15)10-8(2)3-4-16-10/h7-8,10H,3-6H2,1-2H3,(H,12,15)(H,13,14). The van der Waals surface area contributed by atoms with E-state index < -0.39 is 5.97 Å². The summed E-state index contributed by atoms with van der Waals surface area (Å²) in [6, 6.07) is 0. The molecule has 0 bridgehead atoms. The Bertz CT molecular complexity index is 267. The molecule has 0 saturated carbocycles. The summed E-state index contributed by atoms with van der Waals surface area (Å²) in [4.78, 5) is 22.1. The highest BCUT2D eigenvalue weighted by atomic mass is 16.5. The number of rotatable bonds is 5. The van der Waals surface area contributed by atoms with Gasteiger partial charge in [0.15, 0.2) is 0 Å². The van der Waals surface area contributed by atoms with Crippen LogP contribution < -0.4 is 5.32 Å². The number of amides is 1. The first-order valence-electron chi connectivity index (χ1n) is 5.61. The first-order valence-corrected chi connectivity index (χ1v) is 5.61. The monoisotopic (exact) mass is 229 g/mol. The molecule has 2 N–H and O–H groups in total. The van der Waals surface area contributed by atoms with Crippen molar-refractivity contribution < 1.29 is 19.4 Å². The van der Waals surface area contributed by atoms with Crippen molar-refractivity contribution in [3.63, 3.8) is 0 Å². The van der Waals surface area contributed by atoms with Gasteiger partial charge in [-0.15, -0.1) is 0 Å². The summed E-state index contributed by atoms with van der Waals surface area (Å²) in [5.74, 6) is -0.776. The summed E-state index contributed by atoms with van der Waals surface area (Å²) in [6.45, 7) is 4.80. The fourth-order valence-electron chi connectivity index (χ4n) is 1.78. The van der Waals surface area contributed by atoms with Crippen molar-refractivity contribution in [1.29, 1.82) is 0 Å². The van der Waals surface area contributed by atoms with E-state index in [2.05, 4.69) is 5.32 Å². The van der Waals surface area contributed by atoms with E-state index >= 15 is 0 Å². The van der Waals surface area contributed by atoms with E-state index in [0.29, 0.717) is 13.2 Å². The van der Waals surface area contributed by atoms with Crippen molar-refractivity contribution in [3.8, 4) is 0 Å². The average Bonchev–Trinajstić information content (AvgIpc) is 2.60. The topological polar surface area (TPSA) is 75.6 Å². The van der Waals surface area contributed by atoms with E-state index in [0.717, 1.165) is 6.42 Å². The molecule has 1 rings (SSSR count). The lowest BCUT2D eigenvalue weighted by Crippen LogP contribution is -2.39. The van der Waals surface area contributed by atoms with Crippen LogP contribution in [0.2, 0.25) is 0 Å². The molecule has 1 aliphatic rings. The van der Waals surface area contributed by atoms with E-state index in [-0.39, 0.29) is 30.3 Å². The van der Waals surface area contributed by atoms with Gasteiger partial charge in [-0.05, 0) is 18.3 Å². The molecule has 1 amide bonds. The molecule has 5 heteroatoms. The van der Waals surface area contributed by atoms with Crippen LogP contribution in [0, 0.1) is 11.8 Å². The Morgan fingerprint density at radius 2 is 2.25 bits per heavy atom. The summed E-state index contributed by atoms with van der Waals surface area (Å²) < 4.78 is 5.31. The van der Waals surface area contributed by atoms with Gasteiger partial charge < -0.3 is 15.2 Å². The van der Waals surface area contributed by atoms with Crippen molar-refractivity contribution in [2.75, 3.05) is 13.2 Å². The third-order valence-electron chi connectivity index (χ3n) is 2.79. The van der Waals surface area contributed by atoms with Gasteiger partial charge >= 0.3 is 5.97 Å². The van der Waals surface area contributed by atoms with Crippen LogP contribution in [0.15, 0.2) is 0 Å². The molecule has 0 aliphatic carbocycles. The average molecular weight is 229 g/mol. The van der Waals surface area contributed by atoms with Crippen LogP contribution in [0.5, 0.6) is 0 Å². The Balaban J connectivity index is 2.26. The minimum Gasteiger partial charge on any atom is -0.481 e. The van der Waals surface area contributed by atoms with E-state index in [1.54, 1.807) is 6.92 Å². The van der Waals surface area contributed by atoms with Gasteiger partial charge in [0.2, 0.25) is 5.91 Å². The van der Waals surface area contributed by atoms with E-state index in [4.69, 9.17) is 9.84 Å². The largest absolute Gasteiger partial charge is 0.481 e. The molecular weight excluding hydrogens is 210 g/mol. The molecule has 0 radical (unpaired) electrons. The minimum absolute atomic E-state index is 0.0573. The van der Waals surface area contributed by atoms with Crippen molar-refractivity contribution in [3.05, 3.63) is 0 Å². The third-order valence-corrected chi connectivity index (χ3v) is 2.79. The van der Waals surface area contributed by atoms with Crippen LogP contribution in [0.1, 0.15) is 26.7 Å². The second-order valence-corrected chi connectivity index (χ2v) is 4.51. The maximum Gasteiger partial charge on any atom is 0.303 e. The molecule has 1 aliphatic heterocycles. The fraction of sp³-hybridized carbons (Fsp3) is 0.818. The van der Waals surface area contributed by atoms with E-state index in [1.165, 1.54) is 0 Å². The molecule has 0 spiro atoms. The number of ether oxygens (including phenoxy) is 1. The highest BCUT2D eigenvalue weighted by Gasteiger charge is 2.30. The Labute approximate surface area is 95.2 Å². The number of hydrogen-bond donors (Lipinski definition) is 2. The minimum atomic E-state index is -0.841. The molecule has 1 saturated heterocycles. The maximum absolute atomic E-state index is 11.7. The second-order valence-electron chi connectivity index (χ2n) is 4.51. The quantitative estimate of drug-likeness (QED) is 0.725. The Morgan fingerprint density at radius 1 is 1.56 bits per heavy atom. The second kappa shape index (κ2) is 5.84. The number of hydrogen-bond acceptors (Lipinski definition) is 3. The van der Waals surface area contributed by atoms with Crippen LogP contribution in [0.3, 0.4) is 0 Å². The Morgan fingerprint density at radius 3 is 2.75 bits per heavy atom. The fourth-order valence-corrected chi connectivity index (χ4v) is 1.78. The zero-order chi connectivity index (χ0) is 12.1. The van der Waals surface area contributed by atoms with Gasteiger partial charge in [-0.25, -0.2) is 0 Å². The molecule has 5 nitrogen and oxygen atoms in total. The number of carbonyl (C=O) groups excluding carboxylic acids is 1. The highest BCUT2D eigenvalue weighted by Crippen LogP contribution is 2.19. The highest BCUT2D eigenvalue weighted by molar-refractivity contribution is 5.81. The number of carboxylic acid groups (broad SMARTS) is 1. The van der Waals surface area contributed by atoms with Crippen molar-refractivity contribution in [2.45, 2.75) is 32.8 Å². The molecule has 0 aromatic heterocycles. The van der Waals surface area contributed by atoms with Gasteiger partial charge in [-0.2, -0.15) is 0 Å². The van der Waals surface area contributed by atoms with Gasteiger partial charge in [0.05, 0.1) is 0 Å². The Kier molecular flexibility index (Phi) is 4.73. The zero-order valence-corrected chi connectivity index (χ0v) is 9.73. The van der Waals surface area contributed by atoms with Gasteiger partial charge in [-0.1, -0.05) is 13.8 Å². The molecular formula is C11H19NO4. The molecule has 1 heterocycles. The predicted octanol–water partition coefficient (Wildman–Crippen LogP) is 0.638. The number of nitrogens with one attached hydrogen (secondary N) is 1. The summed E-state index contributed by atoms with van der Waals surface area (Å²) >= 11 is 0. The lowest BCUT2D eigenvalue weighted by atomic mass is 10.0. The van der Waals surface area contributed by atoms with Crippen LogP contribution in [-0.2, 0) is 14.3 Å². The first-order chi connectivity index (χ1) is 7.50. The molecule has 0 aromatic carbocycles. The summed E-state index contributed by atoms with van der Waals surface area (Å²) in [5.41, 5.74) is 0. The van der Waals surface area contributed by atoms with Gasteiger partial charge in [0.1, 0.15) is 6.10 Å². The normalized spacial score (nSPS) is 26.4. The maximum atomic E-state index is 11.7. The number of carboxylic acids is 1. The van der Waals surface area contributed by atoms with E-state index in [9.17, 15) is 9.59 Å². The van der Waals surface area contributed by atoms with Crippen molar-refractivity contribution in [1.82, 2.24) is 5.32 Å². The summed E-state index contributed by atoms with van der Waals surface area (Å²) in [6.07, 6.45) is 0.612. The number of aliphatic carboxylic acids is 1. The molecule has 92 valence electrons. The smallest absolute Gasteiger partial charge is 0.303 e. The lowest BCUT2D eigenvalue weighted by Gasteiger charge is -2.16. The molecule has 3 unspecified atom stereocenters. The molecule has 1 fully saturated rings. The SMILES string of the molecule is CC(CNC(=O)C1OCCC1C)CC(=O)O. The molecule has 0 aromatic rings. The van der Waals surface area contributed by atoms with Crippen molar-refractivity contribution >= 4 is 11.9 Å². The predicted molar refractivity (Wildman–Crippen MR) is 57.9 cm³/mol. The van der Waals surface area contributed by atoms with Crippen LogP contribution >= 0.6 is 0 Å². The molecule has 16 heavy (non-hydrogen) atoms. The number of carbonyl (C=O) groups is 2. The van der Waals surface area contributed by atoms with Crippen LogP contribution in [0.4, 0.5) is 0 Å². The van der Waals surface area contributed by atoms with Crippen LogP contribution in [0.25, 0.3) is 0 Å². The van der Waals surface area contributed by atoms with Gasteiger partial charge in [-0.3, -0.25) is 9.59 Å². The summed E-state index contributed by atoms with van der Waals surface area (Å²) in [7, 11) is 0. The molecule has 3 atom stereocenters. The van der Waals surface area contributed by atoms with E-state index in [1.807, 2.05) is 6.92 Å². The summed E-state index contributed by atoms with van der Waals surface area (Å²) in [5, 5.41) is 11.3. The zero-order valence-electron chi connectivity index (χ0n) is 9.73. The van der Waals surface area contributed by atoms with Gasteiger partial charge in [0.25, 0.3) is 0 Å². The van der Waals surface area contributed by atoms with Crippen molar-refractivity contribution in [2.24, 2.45) is 11.8 Å².